The molecule has 2 rings (SSSR count). The van der Waals surface area contributed by atoms with Gasteiger partial charge in [-0.2, -0.15) is 13.2 Å². The number of nitrogens with one attached hydrogen (secondary N) is 1. The van der Waals surface area contributed by atoms with Gasteiger partial charge in [0.25, 0.3) is 0 Å². The number of halogens is 4. The van der Waals surface area contributed by atoms with Crippen molar-refractivity contribution in [3.05, 3.63) is 28.8 Å². The van der Waals surface area contributed by atoms with Crippen molar-refractivity contribution in [1.82, 2.24) is 0 Å². The SMILES string of the molecule is CC1(C)CCCC(Nc2c(Cl)cccc2C(F)(F)F)C1. The van der Waals surface area contributed by atoms with E-state index in [9.17, 15) is 13.2 Å². The lowest BCUT2D eigenvalue weighted by Crippen LogP contribution is -2.32. The van der Waals surface area contributed by atoms with Gasteiger partial charge in [0.1, 0.15) is 0 Å². The monoisotopic (exact) mass is 305 g/mol. The summed E-state index contributed by atoms with van der Waals surface area (Å²) in [5.41, 5.74) is -0.506. The Morgan fingerprint density at radius 2 is 2.00 bits per heavy atom. The summed E-state index contributed by atoms with van der Waals surface area (Å²) in [6.45, 7) is 4.30. The first kappa shape index (κ1) is 15.5. The number of hydrogen-bond acceptors (Lipinski definition) is 1. The molecule has 0 aromatic heterocycles. The summed E-state index contributed by atoms with van der Waals surface area (Å²) in [5.74, 6) is 0. The molecule has 0 spiro atoms. The molecule has 1 nitrogen and oxygen atoms in total. The van der Waals surface area contributed by atoms with Gasteiger partial charge in [-0.25, -0.2) is 0 Å². The average molecular weight is 306 g/mol. The minimum Gasteiger partial charge on any atom is -0.381 e. The lowest BCUT2D eigenvalue weighted by Gasteiger charge is -2.36. The fourth-order valence-corrected chi connectivity index (χ4v) is 3.16. The molecule has 0 amide bonds. The second kappa shape index (κ2) is 5.47. The minimum absolute atomic E-state index is 0.0179. The van der Waals surface area contributed by atoms with Crippen LogP contribution >= 0.6 is 11.6 Å². The van der Waals surface area contributed by atoms with Gasteiger partial charge in [0.15, 0.2) is 0 Å². The number of anilines is 1. The van der Waals surface area contributed by atoms with Crippen LogP contribution < -0.4 is 5.32 Å². The van der Waals surface area contributed by atoms with E-state index in [4.69, 9.17) is 11.6 Å². The Hall–Kier alpha value is -0.900. The third kappa shape index (κ3) is 3.60. The van der Waals surface area contributed by atoms with Crippen LogP contribution in [-0.4, -0.2) is 6.04 Å². The highest BCUT2D eigenvalue weighted by Crippen LogP contribution is 2.41. The molecular formula is C15H19ClF3N. The number of benzene rings is 1. The molecule has 0 heterocycles. The normalized spacial score (nSPS) is 22.6. The Kier molecular flexibility index (Phi) is 4.24. The molecule has 1 saturated carbocycles. The summed E-state index contributed by atoms with van der Waals surface area (Å²) in [5, 5.41) is 3.16. The molecule has 1 aliphatic rings. The first-order valence-corrected chi connectivity index (χ1v) is 7.19. The maximum absolute atomic E-state index is 13.0. The second-order valence-electron chi connectivity index (χ2n) is 6.26. The average Bonchev–Trinajstić information content (AvgIpc) is 2.29. The van der Waals surface area contributed by atoms with Gasteiger partial charge in [0.2, 0.25) is 0 Å². The maximum Gasteiger partial charge on any atom is 0.418 e. The fraction of sp³-hybridized carbons (Fsp3) is 0.600. The topological polar surface area (TPSA) is 12.0 Å². The molecule has 1 fully saturated rings. The Labute approximate surface area is 122 Å². The van der Waals surface area contributed by atoms with Crippen LogP contribution in [-0.2, 0) is 6.18 Å². The molecule has 5 heteroatoms. The molecule has 20 heavy (non-hydrogen) atoms. The molecule has 1 aromatic carbocycles. The van der Waals surface area contributed by atoms with Gasteiger partial charge in [-0.3, -0.25) is 0 Å². The van der Waals surface area contributed by atoms with E-state index < -0.39 is 11.7 Å². The largest absolute Gasteiger partial charge is 0.418 e. The van der Waals surface area contributed by atoms with Gasteiger partial charge in [-0.05, 0) is 36.8 Å². The van der Waals surface area contributed by atoms with E-state index in [0.717, 1.165) is 31.7 Å². The molecule has 1 atom stereocenters. The van der Waals surface area contributed by atoms with E-state index in [2.05, 4.69) is 19.2 Å². The van der Waals surface area contributed by atoms with Crippen LogP contribution in [0.1, 0.15) is 45.1 Å². The van der Waals surface area contributed by atoms with Crippen LogP contribution in [0.5, 0.6) is 0 Å². The minimum atomic E-state index is -4.39. The van der Waals surface area contributed by atoms with Gasteiger partial charge in [0.05, 0.1) is 16.3 Å². The highest BCUT2D eigenvalue weighted by molar-refractivity contribution is 6.33. The van der Waals surface area contributed by atoms with E-state index in [0.29, 0.717) is 0 Å². The highest BCUT2D eigenvalue weighted by atomic mass is 35.5. The first-order valence-electron chi connectivity index (χ1n) is 6.81. The molecule has 112 valence electrons. The summed E-state index contributed by atoms with van der Waals surface area (Å²) in [4.78, 5) is 0. The summed E-state index contributed by atoms with van der Waals surface area (Å²) in [7, 11) is 0. The Morgan fingerprint density at radius 1 is 1.30 bits per heavy atom. The third-order valence-electron chi connectivity index (χ3n) is 3.87. The van der Waals surface area contributed by atoms with Crippen LogP contribution in [0.3, 0.4) is 0 Å². The Bertz CT molecular complexity index is 482. The van der Waals surface area contributed by atoms with Crippen molar-refractivity contribution in [2.24, 2.45) is 5.41 Å². The lowest BCUT2D eigenvalue weighted by atomic mass is 9.75. The number of rotatable bonds is 2. The second-order valence-corrected chi connectivity index (χ2v) is 6.67. The molecule has 0 saturated heterocycles. The smallest absolute Gasteiger partial charge is 0.381 e. The first-order chi connectivity index (χ1) is 9.19. The summed E-state index contributed by atoms with van der Waals surface area (Å²) < 4.78 is 39.1. The van der Waals surface area contributed by atoms with Crippen molar-refractivity contribution in [2.75, 3.05) is 5.32 Å². The number of alkyl halides is 3. The number of para-hydroxylation sites is 1. The van der Waals surface area contributed by atoms with Crippen molar-refractivity contribution >= 4 is 17.3 Å². The van der Waals surface area contributed by atoms with E-state index >= 15 is 0 Å². The molecule has 1 unspecified atom stereocenters. The number of hydrogen-bond donors (Lipinski definition) is 1. The summed E-state index contributed by atoms with van der Waals surface area (Å²) in [6.07, 6.45) is -0.519. The van der Waals surface area contributed by atoms with Crippen LogP contribution in [0.15, 0.2) is 18.2 Å². The molecule has 1 aromatic rings. The molecule has 0 bridgehead atoms. The van der Waals surface area contributed by atoms with Crippen molar-refractivity contribution < 1.29 is 13.2 Å². The van der Waals surface area contributed by atoms with Crippen molar-refractivity contribution in [1.29, 1.82) is 0 Å². The van der Waals surface area contributed by atoms with Crippen LogP contribution in [0.25, 0.3) is 0 Å². The summed E-state index contributed by atoms with van der Waals surface area (Å²) >= 11 is 5.96. The maximum atomic E-state index is 13.0. The molecule has 0 aliphatic heterocycles. The Balaban J connectivity index is 2.25. The quantitative estimate of drug-likeness (QED) is 0.734. The van der Waals surface area contributed by atoms with Gasteiger partial charge < -0.3 is 5.32 Å². The zero-order valence-electron chi connectivity index (χ0n) is 11.6. The predicted molar refractivity (Wildman–Crippen MR) is 76.1 cm³/mol. The molecule has 1 N–H and O–H groups in total. The molecular weight excluding hydrogens is 287 g/mol. The highest BCUT2D eigenvalue weighted by Gasteiger charge is 2.36. The van der Waals surface area contributed by atoms with Gasteiger partial charge >= 0.3 is 6.18 Å². The molecule has 0 radical (unpaired) electrons. The zero-order valence-corrected chi connectivity index (χ0v) is 12.4. The van der Waals surface area contributed by atoms with Crippen LogP contribution in [0.4, 0.5) is 18.9 Å². The van der Waals surface area contributed by atoms with E-state index in [1.807, 2.05) is 0 Å². The van der Waals surface area contributed by atoms with Gasteiger partial charge in [-0.1, -0.05) is 37.9 Å². The summed E-state index contributed by atoms with van der Waals surface area (Å²) in [6, 6.07) is 3.94. The molecule has 1 aliphatic carbocycles. The predicted octanol–water partition coefficient (Wildman–Crippen LogP) is 5.74. The van der Waals surface area contributed by atoms with Crippen molar-refractivity contribution in [2.45, 2.75) is 51.7 Å². The van der Waals surface area contributed by atoms with Crippen LogP contribution in [0, 0.1) is 5.41 Å². The zero-order chi connectivity index (χ0) is 15.0. The van der Waals surface area contributed by atoms with E-state index in [1.54, 1.807) is 0 Å². The van der Waals surface area contributed by atoms with Crippen LogP contribution in [0.2, 0.25) is 5.02 Å². The fourth-order valence-electron chi connectivity index (χ4n) is 2.93. The van der Waals surface area contributed by atoms with Gasteiger partial charge in [-0.15, -0.1) is 0 Å². The van der Waals surface area contributed by atoms with E-state index in [-0.39, 0.29) is 22.2 Å². The van der Waals surface area contributed by atoms with Crippen molar-refractivity contribution in [3.63, 3.8) is 0 Å². The lowest BCUT2D eigenvalue weighted by molar-refractivity contribution is -0.137. The third-order valence-corrected chi connectivity index (χ3v) is 4.19. The van der Waals surface area contributed by atoms with Crippen molar-refractivity contribution in [3.8, 4) is 0 Å². The Morgan fingerprint density at radius 3 is 2.60 bits per heavy atom. The van der Waals surface area contributed by atoms with Gasteiger partial charge in [0, 0.05) is 6.04 Å². The van der Waals surface area contributed by atoms with E-state index in [1.165, 1.54) is 12.1 Å². The standard InChI is InChI=1S/C15H19ClF3N/c1-14(2)8-4-5-10(9-14)20-13-11(15(17,18)19)6-3-7-12(13)16/h3,6-7,10,20H,4-5,8-9H2,1-2H3.